The summed E-state index contributed by atoms with van der Waals surface area (Å²) in [5, 5.41) is 9.43. The summed E-state index contributed by atoms with van der Waals surface area (Å²) in [4.78, 5) is 24.2. The van der Waals surface area contributed by atoms with Crippen molar-refractivity contribution in [1.29, 1.82) is 0 Å². The number of halogens is 3. The van der Waals surface area contributed by atoms with Crippen LogP contribution in [0.25, 0.3) is 11.1 Å². The minimum absolute atomic E-state index is 0.0741. The standard InChI is InChI=1S/C20H21F3N2O4/c1-4-25(19(27)28)11(2)15-10-13(20(21,22)23)6-7-14(15)16-9-12(18(24)26)5-8-17(16)29-3/h5-11H,4H2,1-3H3,(H2,24,26)(H,27,28). The average Bonchev–Trinajstić information content (AvgIpc) is 2.66. The molecule has 0 heterocycles. The molecule has 0 radical (unpaired) electrons. The number of hydrogen-bond acceptors (Lipinski definition) is 3. The Kier molecular flexibility index (Phi) is 6.41. The summed E-state index contributed by atoms with van der Waals surface area (Å²) >= 11 is 0. The van der Waals surface area contributed by atoms with Crippen LogP contribution in [0.2, 0.25) is 0 Å². The van der Waals surface area contributed by atoms with Crippen LogP contribution in [0.15, 0.2) is 36.4 Å². The number of ether oxygens (including phenoxy) is 1. The van der Waals surface area contributed by atoms with Crippen LogP contribution >= 0.6 is 0 Å². The summed E-state index contributed by atoms with van der Waals surface area (Å²) in [5.41, 5.74) is 5.34. The van der Waals surface area contributed by atoms with E-state index < -0.39 is 29.8 Å². The van der Waals surface area contributed by atoms with Gasteiger partial charge in [0.15, 0.2) is 0 Å². The van der Waals surface area contributed by atoms with Crippen molar-refractivity contribution in [2.75, 3.05) is 13.7 Å². The van der Waals surface area contributed by atoms with Crippen molar-refractivity contribution in [3.8, 4) is 16.9 Å². The van der Waals surface area contributed by atoms with Gasteiger partial charge in [0.2, 0.25) is 5.91 Å². The maximum Gasteiger partial charge on any atom is 0.416 e. The van der Waals surface area contributed by atoms with Gasteiger partial charge in [-0.1, -0.05) is 6.07 Å². The van der Waals surface area contributed by atoms with Gasteiger partial charge in [-0.3, -0.25) is 4.79 Å². The summed E-state index contributed by atoms with van der Waals surface area (Å²) in [5.74, 6) is -0.405. The zero-order valence-corrected chi connectivity index (χ0v) is 16.1. The normalized spacial score (nSPS) is 12.3. The van der Waals surface area contributed by atoms with Gasteiger partial charge in [-0.25, -0.2) is 4.79 Å². The Morgan fingerprint density at radius 1 is 1.17 bits per heavy atom. The smallest absolute Gasteiger partial charge is 0.416 e. The third-order valence-corrected chi connectivity index (χ3v) is 4.66. The molecule has 3 N–H and O–H groups in total. The summed E-state index contributed by atoms with van der Waals surface area (Å²) in [6.07, 6.45) is -5.87. The highest BCUT2D eigenvalue weighted by Crippen LogP contribution is 2.40. The number of rotatable bonds is 6. The SMILES string of the molecule is CCN(C(=O)O)C(C)c1cc(C(F)(F)F)ccc1-c1cc(C(N)=O)ccc1OC. The van der Waals surface area contributed by atoms with Crippen LogP contribution in [0, 0.1) is 0 Å². The first-order valence-corrected chi connectivity index (χ1v) is 8.70. The Bertz CT molecular complexity index is 928. The van der Waals surface area contributed by atoms with Gasteiger partial charge in [-0.2, -0.15) is 13.2 Å². The van der Waals surface area contributed by atoms with E-state index in [1.807, 2.05) is 0 Å². The minimum atomic E-state index is -4.60. The van der Waals surface area contributed by atoms with Crippen LogP contribution in [0.4, 0.5) is 18.0 Å². The van der Waals surface area contributed by atoms with Gasteiger partial charge in [0.05, 0.1) is 18.7 Å². The van der Waals surface area contributed by atoms with Gasteiger partial charge in [0.25, 0.3) is 0 Å². The quantitative estimate of drug-likeness (QED) is 0.731. The highest BCUT2D eigenvalue weighted by atomic mass is 19.4. The molecule has 1 atom stereocenters. The highest BCUT2D eigenvalue weighted by Gasteiger charge is 2.33. The third kappa shape index (κ3) is 4.61. The molecule has 1 unspecified atom stereocenters. The lowest BCUT2D eigenvalue weighted by Gasteiger charge is -2.28. The fourth-order valence-electron chi connectivity index (χ4n) is 3.14. The molecule has 0 aliphatic rings. The van der Waals surface area contributed by atoms with E-state index in [4.69, 9.17) is 10.5 Å². The first-order valence-electron chi connectivity index (χ1n) is 8.70. The molecular weight excluding hydrogens is 389 g/mol. The highest BCUT2D eigenvalue weighted by molar-refractivity contribution is 5.95. The van der Waals surface area contributed by atoms with Gasteiger partial charge < -0.3 is 20.5 Å². The van der Waals surface area contributed by atoms with Gasteiger partial charge in [0, 0.05) is 17.7 Å². The van der Waals surface area contributed by atoms with E-state index in [-0.39, 0.29) is 17.7 Å². The average molecular weight is 410 g/mol. The van der Waals surface area contributed by atoms with Gasteiger partial charge in [0.1, 0.15) is 5.75 Å². The van der Waals surface area contributed by atoms with Crippen molar-refractivity contribution in [3.05, 3.63) is 53.1 Å². The number of carboxylic acid groups (broad SMARTS) is 1. The minimum Gasteiger partial charge on any atom is -0.496 e. The zero-order valence-electron chi connectivity index (χ0n) is 16.1. The number of amides is 2. The molecule has 2 amide bonds. The fourth-order valence-corrected chi connectivity index (χ4v) is 3.14. The van der Waals surface area contributed by atoms with Crippen molar-refractivity contribution in [2.24, 2.45) is 5.73 Å². The Morgan fingerprint density at radius 2 is 1.83 bits per heavy atom. The topological polar surface area (TPSA) is 92.9 Å². The molecule has 0 saturated heterocycles. The van der Waals surface area contributed by atoms with Crippen LogP contribution in [-0.4, -0.2) is 35.7 Å². The number of methoxy groups -OCH3 is 1. The van der Waals surface area contributed by atoms with Crippen LogP contribution < -0.4 is 10.5 Å². The van der Waals surface area contributed by atoms with Gasteiger partial charge in [-0.15, -0.1) is 0 Å². The summed E-state index contributed by atoms with van der Waals surface area (Å²) in [7, 11) is 1.38. The number of primary amides is 1. The van der Waals surface area contributed by atoms with Crippen molar-refractivity contribution in [1.82, 2.24) is 4.90 Å². The second-order valence-electron chi connectivity index (χ2n) is 6.32. The van der Waals surface area contributed by atoms with Crippen LogP contribution in [0.3, 0.4) is 0 Å². The van der Waals surface area contributed by atoms with Crippen molar-refractivity contribution >= 4 is 12.0 Å². The van der Waals surface area contributed by atoms with E-state index >= 15 is 0 Å². The van der Waals surface area contributed by atoms with Crippen LogP contribution in [-0.2, 0) is 6.18 Å². The zero-order chi connectivity index (χ0) is 21.9. The molecule has 0 bridgehead atoms. The molecule has 29 heavy (non-hydrogen) atoms. The largest absolute Gasteiger partial charge is 0.496 e. The lowest BCUT2D eigenvalue weighted by atomic mass is 9.91. The monoisotopic (exact) mass is 410 g/mol. The lowest BCUT2D eigenvalue weighted by molar-refractivity contribution is -0.137. The number of nitrogens with two attached hydrogens (primary N) is 1. The van der Waals surface area contributed by atoms with E-state index in [2.05, 4.69) is 0 Å². The Balaban J connectivity index is 2.80. The van der Waals surface area contributed by atoms with E-state index in [1.54, 1.807) is 6.92 Å². The molecule has 2 aromatic carbocycles. The van der Waals surface area contributed by atoms with Crippen LogP contribution in [0.5, 0.6) is 5.75 Å². The molecule has 0 aromatic heterocycles. The number of nitrogens with zero attached hydrogens (tertiary/aromatic N) is 1. The molecule has 0 spiro atoms. The number of carbonyl (C=O) groups excluding carboxylic acids is 1. The predicted molar refractivity (Wildman–Crippen MR) is 101 cm³/mol. The van der Waals surface area contributed by atoms with E-state index in [9.17, 15) is 27.9 Å². The van der Waals surface area contributed by atoms with Crippen molar-refractivity contribution < 1.29 is 32.6 Å². The Labute approximate surface area is 165 Å². The number of hydrogen-bond donors (Lipinski definition) is 2. The lowest BCUT2D eigenvalue weighted by Crippen LogP contribution is -2.32. The predicted octanol–water partition coefficient (Wildman–Crippen LogP) is 4.54. The summed E-state index contributed by atoms with van der Waals surface area (Å²) in [6, 6.07) is 6.51. The van der Waals surface area contributed by atoms with E-state index in [1.165, 1.54) is 38.3 Å². The third-order valence-electron chi connectivity index (χ3n) is 4.66. The Hall–Kier alpha value is -3.23. The maximum atomic E-state index is 13.3. The van der Waals surface area contributed by atoms with Crippen molar-refractivity contribution in [3.63, 3.8) is 0 Å². The molecule has 0 aliphatic heterocycles. The van der Waals surface area contributed by atoms with Gasteiger partial charge in [-0.05, 0) is 55.3 Å². The first kappa shape index (κ1) is 22.1. The second-order valence-corrected chi connectivity index (χ2v) is 6.32. The molecular formula is C20H21F3N2O4. The van der Waals surface area contributed by atoms with Crippen molar-refractivity contribution in [2.45, 2.75) is 26.1 Å². The van der Waals surface area contributed by atoms with E-state index in [0.29, 0.717) is 16.9 Å². The van der Waals surface area contributed by atoms with E-state index in [0.717, 1.165) is 17.0 Å². The first-order chi connectivity index (χ1) is 13.5. The van der Waals surface area contributed by atoms with Crippen LogP contribution in [0.1, 0.15) is 41.4 Å². The number of carbonyl (C=O) groups is 2. The Morgan fingerprint density at radius 3 is 2.31 bits per heavy atom. The molecule has 0 fully saturated rings. The molecule has 2 rings (SSSR count). The number of alkyl halides is 3. The number of benzene rings is 2. The van der Waals surface area contributed by atoms with Gasteiger partial charge >= 0.3 is 12.3 Å². The molecule has 9 heteroatoms. The summed E-state index contributed by atoms with van der Waals surface area (Å²) < 4.78 is 45.2. The molecule has 0 aliphatic carbocycles. The summed E-state index contributed by atoms with van der Waals surface area (Å²) in [6.45, 7) is 3.16. The molecule has 6 nitrogen and oxygen atoms in total. The molecule has 2 aromatic rings. The molecule has 0 saturated carbocycles. The molecule has 156 valence electrons. The fraction of sp³-hybridized carbons (Fsp3) is 0.300. The maximum absolute atomic E-state index is 13.3. The second kappa shape index (κ2) is 8.42.